The highest BCUT2D eigenvalue weighted by Crippen LogP contribution is 2.30. The molecule has 0 aliphatic rings. The first kappa shape index (κ1) is 20.9. The van der Waals surface area contributed by atoms with E-state index in [2.05, 4.69) is 10.5 Å². The number of ether oxygens (including phenoxy) is 2. The Morgan fingerprint density at radius 1 is 1.10 bits per heavy atom. The summed E-state index contributed by atoms with van der Waals surface area (Å²) in [5.74, 6) is 0.782. The third-order valence-corrected chi connectivity index (χ3v) is 4.73. The van der Waals surface area contributed by atoms with Gasteiger partial charge in [0, 0.05) is 16.8 Å². The number of nitrogens with zero attached hydrogens (tertiary/aromatic N) is 1. The molecule has 0 aliphatic carbocycles. The maximum absolute atomic E-state index is 12.6. The summed E-state index contributed by atoms with van der Waals surface area (Å²) in [6.45, 7) is 5.69. The lowest BCUT2D eigenvalue weighted by molar-refractivity contribution is 0.0997. The summed E-state index contributed by atoms with van der Waals surface area (Å²) in [6.07, 6.45) is 0. The van der Waals surface area contributed by atoms with Gasteiger partial charge in [0.15, 0.2) is 11.5 Å². The van der Waals surface area contributed by atoms with Crippen molar-refractivity contribution in [1.82, 2.24) is 5.16 Å². The second-order valence-corrected chi connectivity index (χ2v) is 6.81. The zero-order chi connectivity index (χ0) is 21.8. The molecular weight excluding hydrogens is 386 g/mol. The number of rotatable bonds is 7. The van der Waals surface area contributed by atoms with Crippen LogP contribution in [0.1, 0.15) is 43.3 Å². The van der Waals surface area contributed by atoms with E-state index in [-0.39, 0.29) is 12.5 Å². The molecule has 0 saturated heterocycles. The topological polar surface area (TPSA) is 117 Å². The Balaban J connectivity index is 1.74. The number of aryl methyl sites for hydroxylation is 3. The number of nitrogens with one attached hydrogen (secondary N) is 1. The average molecular weight is 409 g/mol. The van der Waals surface area contributed by atoms with Crippen LogP contribution < -0.4 is 20.5 Å². The molecule has 3 aromatic rings. The third kappa shape index (κ3) is 4.43. The summed E-state index contributed by atoms with van der Waals surface area (Å²) < 4.78 is 16.4. The van der Waals surface area contributed by atoms with Crippen molar-refractivity contribution in [1.29, 1.82) is 0 Å². The minimum Gasteiger partial charge on any atom is -0.493 e. The van der Waals surface area contributed by atoms with Crippen molar-refractivity contribution in [3.63, 3.8) is 0 Å². The monoisotopic (exact) mass is 409 g/mol. The van der Waals surface area contributed by atoms with Gasteiger partial charge < -0.3 is 25.0 Å². The highest BCUT2D eigenvalue weighted by Gasteiger charge is 2.15. The molecule has 0 bridgehead atoms. The number of hydrogen-bond donors (Lipinski definition) is 2. The van der Waals surface area contributed by atoms with Gasteiger partial charge in [0.25, 0.3) is 5.91 Å². The normalized spacial score (nSPS) is 10.5. The summed E-state index contributed by atoms with van der Waals surface area (Å²) in [4.78, 5) is 24.0. The maximum atomic E-state index is 12.6. The van der Waals surface area contributed by atoms with Crippen molar-refractivity contribution >= 4 is 17.5 Å². The smallest absolute Gasteiger partial charge is 0.255 e. The van der Waals surface area contributed by atoms with Crippen LogP contribution in [-0.4, -0.2) is 24.1 Å². The quantitative estimate of drug-likeness (QED) is 0.616. The van der Waals surface area contributed by atoms with Crippen LogP contribution in [0.4, 0.5) is 5.69 Å². The van der Waals surface area contributed by atoms with Crippen molar-refractivity contribution in [2.45, 2.75) is 27.4 Å². The van der Waals surface area contributed by atoms with Gasteiger partial charge in [0.05, 0.1) is 18.4 Å². The van der Waals surface area contributed by atoms with E-state index in [0.29, 0.717) is 39.6 Å². The van der Waals surface area contributed by atoms with E-state index >= 15 is 0 Å². The molecule has 2 amide bonds. The van der Waals surface area contributed by atoms with Gasteiger partial charge in [-0.15, -0.1) is 0 Å². The second kappa shape index (κ2) is 8.69. The van der Waals surface area contributed by atoms with Crippen molar-refractivity contribution in [3.05, 3.63) is 70.1 Å². The average Bonchev–Trinajstić information content (AvgIpc) is 3.03. The molecule has 30 heavy (non-hydrogen) atoms. The van der Waals surface area contributed by atoms with Crippen LogP contribution in [-0.2, 0) is 6.61 Å². The largest absolute Gasteiger partial charge is 0.493 e. The van der Waals surface area contributed by atoms with Crippen molar-refractivity contribution in [2.24, 2.45) is 5.73 Å². The molecule has 1 aromatic heterocycles. The molecule has 0 radical (unpaired) electrons. The van der Waals surface area contributed by atoms with Gasteiger partial charge in [-0.1, -0.05) is 5.16 Å². The van der Waals surface area contributed by atoms with E-state index in [9.17, 15) is 9.59 Å². The molecule has 0 aliphatic heterocycles. The summed E-state index contributed by atoms with van der Waals surface area (Å²) in [5.41, 5.74) is 8.99. The first-order chi connectivity index (χ1) is 14.3. The Bertz CT molecular complexity index is 1080. The first-order valence-electron chi connectivity index (χ1n) is 9.24. The van der Waals surface area contributed by atoms with Crippen molar-refractivity contribution < 1.29 is 23.6 Å². The number of nitrogens with two attached hydrogens (primary N) is 1. The lowest BCUT2D eigenvalue weighted by atomic mass is 10.1. The van der Waals surface area contributed by atoms with Crippen LogP contribution in [0.5, 0.6) is 11.5 Å². The number of primary amides is 1. The van der Waals surface area contributed by atoms with E-state index in [0.717, 1.165) is 11.3 Å². The molecule has 0 spiro atoms. The molecule has 0 atom stereocenters. The number of aromatic nitrogens is 1. The number of hydrogen-bond acceptors (Lipinski definition) is 6. The van der Waals surface area contributed by atoms with E-state index in [4.69, 9.17) is 19.7 Å². The van der Waals surface area contributed by atoms with E-state index in [1.807, 2.05) is 13.8 Å². The lowest BCUT2D eigenvalue weighted by Crippen LogP contribution is -2.15. The molecule has 156 valence electrons. The molecule has 8 heteroatoms. The Morgan fingerprint density at radius 2 is 1.87 bits per heavy atom. The molecule has 1 heterocycles. The molecule has 0 unspecified atom stereocenters. The molecule has 0 saturated carbocycles. The summed E-state index contributed by atoms with van der Waals surface area (Å²) in [6, 6.07) is 9.82. The Labute approximate surface area is 174 Å². The van der Waals surface area contributed by atoms with Crippen LogP contribution in [0.15, 0.2) is 40.9 Å². The fourth-order valence-electron chi connectivity index (χ4n) is 3.01. The molecule has 8 nitrogen and oxygen atoms in total. The van der Waals surface area contributed by atoms with Crippen LogP contribution in [0.25, 0.3) is 0 Å². The van der Waals surface area contributed by atoms with Crippen LogP contribution in [0.2, 0.25) is 0 Å². The minimum atomic E-state index is -0.512. The fraction of sp³-hybridized carbons (Fsp3) is 0.227. The fourth-order valence-corrected chi connectivity index (χ4v) is 3.01. The molecule has 3 rings (SSSR count). The van der Waals surface area contributed by atoms with Crippen molar-refractivity contribution in [3.8, 4) is 11.5 Å². The second-order valence-electron chi connectivity index (χ2n) is 6.81. The van der Waals surface area contributed by atoms with Gasteiger partial charge in [-0.3, -0.25) is 9.59 Å². The van der Waals surface area contributed by atoms with Gasteiger partial charge in [-0.05, 0) is 62.7 Å². The molecule has 3 N–H and O–H groups in total. The lowest BCUT2D eigenvalue weighted by Gasteiger charge is -2.13. The van der Waals surface area contributed by atoms with E-state index in [1.165, 1.54) is 7.11 Å². The van der Waals surface area contributed by atoms with E-state index in [1.54, 1.807) is 43.3 Å². The maximum Gasteiger partial charge on any atom is 0.255 e. The van der Waals surface area contributed by atoms with Crippen LogP contribution >= 0.6 is 0 Å². The predicted octanol–water partition coefficient (Wildman–Crippen LogP) is 3.54. The SMILES string of the molecule is COc1cc(C(=O)Nc2ccc(C(N)=O)c(C)c2)ccc1OCc1c(C)noc1C. The Hall–Kier alpha value is -3.81. The number of benzene rings is 2. The standard InChI is InChI=1S/C22H23N3O5/c1-12-9-16(6-7-17(12)21(23)26)24-22(27)15-5-8-19(20(10-15)28-4)29-11-18-13(2)25-30-14(18)3/h5-10H,11H2,1-4H3,(H2,23,26)(H,24,27). The van der Waals surface area contributed by atoms with Crippen molar-refractivity contribution in [2.75, 3.05) is 12.4 Å². The van der Waals surface area contributed by atoms with E-state index < -0.39 is 5.91 Å². The Morgan fingerprint density at radius 3 is 2.47 bits per heavy atom. The first-order valence-corrected chi connectivity index (χ1v) is 9.24. The van der Waals surface area contributed by atoms with Gasteiger partial charge in [-0.25, -0.2) is 0 Å². The van der Waals surface area contributed by atoms with Gasteiger partial charge in [-0.2, -0.15) is 0 Å². The number of carbonyl (C=O) groups excluding carboxylic acids is 2. The highest BCUT2D eigenvalue weighted by molar-refractivity contribution is 6.05. The summed E-state index contributed by atoms with van der Waals surface area (Å²) in [7, 11) is 1.51. The zero-order valence-electron chi connectivity index (χ0n) is 17.2. The third-order valence-electron chi connectivity index (χ3n) is 4.73. The van der Waals surface area contributed by atoms with Gasteiger partial charge in [0.2, 0.25) is 5.91 Å². The highest BCUT2D eigenvalue weighted by atomic mass is 16.5. The number of anilines is 1. The summed E-state index contributed by atoms with van der Waals surface area (Å²) in [5, 5.41) is 6.70. The van der Waals surface area contributed by atoms with Crippen LogP contribution in [0.3, 0.4) is 0 Å². The Kier molecular flexibility index (Phi) is 6.06. The summed E-state index contributed by atoms with van der Waals surface area (Å²) >= 11 is 0. The molecule has 0 fully saturated rings. The van der Waals surface area contributed by atoms with Gasteiger partial charge in [0.1, 0.15) is 12.4 Å². The minimum absolute atomic E-state index is 0.272. The molecular formula is C22H23N3O5. The number of methoxy groups -OCH3 is 1. The van der Waals surface area contributed by atoms with Crippen LogP contribution in [0, 0.1) is 20.8 Å². The number of amides is 2. The molecule has 2 aromatic carbocycles. The predicted molar refractivity (Wildman–Crippen MR) is 111 cm³/mol. The van der Waals surface area contributed by atoms with Gasteiger partial charge >= 0.3 is 0 Å². The number of carbonyl (C=O) groups is 2. The zero-order valence-corrected chi connectivity index (χ0v) is 17.2.